The lowest BCUT2D eigenvalue weighted by Gasteiger charge is -2.07. The van der Waals surface area contributed by atoms with Gasteiger partial charge in [-0.2, -0.15) is 0 Å². The summed E-state index contributed by atoms with van der Waals surface area (Å²) in [5.41, 5.74) is 1.42. The number of nitrogens with one attached hydrogen (secondary N) is 1. The highest BCUT2D eigenvalue weighted by molar-refractivity contribution is 7.16. The van der Waals surface area contributed by atoms with E-state index in [1.165, 1.54) is 23.0 Å². The van der Waals surface area contributed by atoms with E-state index >= 15 is 0 Å². The van der Waals surface area contributed by atoms with Crippen LogP contribution in [0.15, 0.2) is 51.8 Å². The minimum Gasteiger partial charge on any atom is -0.290 e. The number of benzene rings is 1. The van der Waals surface area contributed by atoms with Gasteiger partial charge in [0.05, 0.1) is 17.4 Å². The highest BCUT2D eigenvalue weighted by Crippen LogP contribution is 2.19. The molecule has 4 aromatic rings. The number of fused-ring (bicyclic) bond motifs is 2. The average molecular weight is 296 g/mol. The number of H-pyrrole nitrogens is 1. The van der Waals surface area contributed by atoms with E-state index < -0.39 is 5.69 Å². The third-order valence-electron chi connectivity index (χ3n) is 3.28. The molecule has 0 aliphatic rings. The largest absolute Gasteiger partial charge is 0.334 e. The Kier molecular flexibility index (Phi) is 2.48. The Bertz CT molecular complexity index is 1090. The zero-order chi connectivity index (χ0) is 14.4. The van der Waals surface area contributed by atoms with Gasteiger partial charge in [-0.25, -0.2) is 14.3 Å². The third-order valence-corrected chi connectivity index (χ3v) is 4.10. The third kappa shape index (κ3) is 1.71. The van der Waals surface area contributed by atoms with Gasteiger partial charge in [-0.05, 0) is 0 Å². The fourth-order valence-electron chi connectivity index (χ4n) is 2.34. The van der Waals surface area contributed by atoms with Crippen LogP contribution in [0.2, 0.25) is 0 Å². The van der Waals surface area contributed by atoms with Gasteiger partial charge >= 0.3 is 5.69 Å². The molecule has 7 heteroatoms. The van der Waals surface area contributed by atoms with Gasteiger partial charge < -0.3 is 0 Å². The summed E-state index contributed by atoms with van der Waals surface area (Å²) in [6.45, 7) is 0. The first-order valence-electron chi connectivity index (χ1n) is 6.17. The van der Waals surface area contributed by atoms with Crippen molar-refractivity contribution in [2.24, 2.45) is 0 Å². The molecular weight excluding hydrogens is 288 g/mol. The summed E-state index contributed by atoms with van der Waals surface area (Å²) < 4.78 is 1.53. The Morgan fingerprint density at radius 1 is 1.14 bits per heavy atom. The predicted molar refractivity (Wildman–Crippen MR) is 81.1 cm³/mol. The smallest absolute Gasteiger partial charge is 0.290 e. The molecule has 0 aliphatic heterocycles. The molecule has 3 aromatic heterocycles. The molecular formula is C14H8N4O2S. The maximum Gasteiger partial charge on any atom is 0.334 e. The molecule has 0 fully saturated rings. The summed E-state index contributed by atoms with van der Waals surface area (Å²) >= 11 is 1.20. The molecule has 21 heavy (non-hydrogen) atoms. The van der Waals surface area contributed by atoms with Crippen molar-refractivity contribution in [1.29, 1.82) is 0 Å². The molecule has 0 bridgehead atoms. The second-order valence-electron chi connectivity index (χ2n) is 4.48. The van der Waals surface area contributed by atoms with Crippen LogP contribution in [0.25, 0.3) is 26.8 Å². The molecule has 0 unspecified atom stereocenters. The molecule has 0 radical (unpaired) electrons. The van der Waals surface area contributed by atoms with E-state index in [0.717, 1.165) is 15.3 Å². The van der Waals surface area contributed by atoms with Gasteiger partial charge in [0.15, 0.2) is 5.65 Å². The van der Waals surface area contributed by atoms with Crippen LogP contribution in [0.4, 0.5) is 0 Å². The van der Waals surface area contributed by atoms with Crippen molar-refractivity contribution in [1.82, 2.24) is 19.5 Å². The molecule has 1 N–H and O–H groups in total. The Balaban J connectivity index is 2.19. The van der Waals surface area contributed by atoms with Crippen LogP contribution in [0, 0.1) is 0 Å². The van der Waals surface area contributed by atoms with E-state index in [1.807, 2.05) is 24.3 Å². The van der Waals surface area contributed by atoms with E-state index in [9.17, 15) is 9.59 Å². The van der Waals surface area contributed by atoms with Crippen LogP contribution in [0.1, 0.15) is 0 Å². The molecule has 1 aromatic carbocycles. The lowest BCUT2D eigenvalue weighted by molar-refractivity contribution is 0.901. The standard InChI is InChI=1S/C14H8N4O2S/c19-13-11-12(16-7-21-11)17-14(20)18(13)10-6-15-5-8-3-1-2-4-9(8)10/h1-7H,(H,17,20). The SMILES string of the molecule is O=c1[nH]c2ncsc2c(=O)n1-c1cncc2ccccc12. The summed E-state index contributed by atoms with van der Waals surface area (Å²) in [6.07, 6.45) is 3.22. The maximum atomic E-state index is 12.5. The molecule has 6 nitrogen and oxygen atoms in total. The number of rotatable bonds is 1. The zero-order valence-electron chi connectivity index (χ0n) is 10.6. The molecule has 0 amide bonds. The van der Waals surface area contributed by atoms with Gasteiger partial charge in [0, 0.05) is 17.0 Å². The number of pyridine rings is 1. The number of hydrogen-bond donors (Lipinski definition) is 1. The topological polar surface area (TPSA) is 80.6 Å². The zero-order valence-corrected chi connectivity index (χ0v) is 11.4. The lowest BCUT2D eigenvalue weighted by atomic mass is 10.1. The molecule has 3 heterocycles. The first kappa shape index (κ1) is 12.0. The van der Waals surface area contributed by atoms with E-state index in [2.05, 4.69) is 15.0 Å². The van der Waals surface area contributed by atoms with Crippen LogP contribution in [0.3, 0.4) is 0 Å². The summed E-state index contributed by atoms with van der Waals surface area (Å²) in [7, 11) is 0. The highest BCUT2D eigenvalue weighted by Gasteiger charge is 2.13. The van der Waals surface area contributed by atoms with Crippen molar-refractivity contribution in [3.8, 4) is 5.69 Å². The molecule has 0 aliphatic carbocycles. The van der Waals surface area contributed by atoms with Crippen molar-refractivity contribution < 1.29 is 0 Å². The Labute approximate surface area is 121 Å². The molecule has 102 valence electrons. The lowest BCUT2D eigenvalue weighted by Crippen LogP contribution is -2.33. The van der Waals surface area contributed by atoms with Crippen LogP contribution in [-0.4, -0.2) is 19.5 Å². The van der Waals surface area contributed by atoms with Gasteiger partial charge in [0.2, 0.25) is 0 Å². The second kappa shape index (κ2) is 4.35. The molecule has 0 saturated carbocycles. The number of nitrogens with zero attached hydrogens (tertiary/aromatic N) is 3. The number of aromatic amines is 1. The number of aromatic nitrogens is 4. The molecule has 4 rings (SSSR count). The normalized spacial score (nSPS) is 11.2. The first-order valence-corrected chi connectivity index (χ1v) is 7.05. The Morgan fingerprint density at radius 3 is 2.90 bits per heavy atom. The van der Waals surface area contributed by atoms with Gasteiger partial charge in [-0.15, -0.1) is 11.3 Å². The van der Waals surface area contributed by atoms with E-state index in [0.29, 0.717) is 16.0 Å². The molecule has 0 saturated heterocycles. The monoisotopic (exact) mass is 296 g/mol. The van der Waals surface area contributed by atoms with Crippen molar-refractivity contribution in [3.05, 3.63) is 63.0 Å². The first-order chi connectivity index (χ1) is 10.3. The van der Waals surface area contributed by atoms with E-state index in [1.54, 1.807) is 6.20 Å². The van der Waals surface area contributed by atoms with Crippen molar-refractivity contribution in [3.63, 3.8) is 0 Å². The summed E-state index contributed by atoms with van der Waals surface area (Å²) in [4.78, 5) is 35.5. The fraction of sp³-hybridized carbons (Fsp3) is 0. The predicted octanol–water partition coefficient (Wildman–Crippen LogP) is 1.68. The maximum absolute atomic E-state index is 12.5. The van der Waals surface area contributed by atoms with Crippen molar-refractivity contribution >= 4 is 32.5 Å². The van der Waals surface area contributed by atoms with Crippen molar-refractivity contribution in [2.75, 3.05) is 0 Å². The fourth-order valence-corrected chi connectivity index (χ4v) is 3.01. The minimum absolute atomic E-state index is 0.319. The molecule has 0 atom stereocenters. The Hall–Kier alpha value is -2.80. The Morgan fingerprint density at radius 2 is 2.00 bits per heavy atom. The van der Waals surface area contributed by atoms with Gasteiger partial charge in [-0.1, -0.05) is 24.3 Å². The summed E-state index contributed by atoms with van der Waals surface area (Å²) in [6, 6.07) is 7.48. The number of hydrogen-bond acceptors (Lipinski definition) is 5. The average Bonchev–Trinajstić information content (AvgIpc) is 2.96. The highest BCUT2D eigenvalue weighted by atomic mass is 32.1. The van der Waals surface area contributed by atoms with Gasteiger partial charge in [-0.3, -0.25) is 14.8 Å². The summed E-state index contributed by atoms with van der Waals surface area (Å²) in [5, 5.41) is 1.66. The molecule has 0 spiro atoms. The minimum atomic E-state index is -0.517. The second-order valence-corrected chi connectivity index (χ2v) is 5.34. The van der Waals surface area contributed by atoms with Crippen LogP contribution >= 0.6 is 11.3 Å². The van der Waals surface area contributed by atoms with Crippen molar-refractivity contribution in [2.45, 2.75) is 0 Å². The van der Waals surface area contributed by atoms with Gasteiger partial charge in [0.25, 0.3) is 5.56 Å². The van der Waals surface area contributed by atoms with E-state index in [-0.39, 0.29) is 5.56 Å². The van der Waals surface area contributed by atoms with Crippen LogP contribution < -0.4 is 11.2 Å². The van der Waals surface area contributed by atoms with Crippen LogP contribution in [-0.2, 0) is 0 Å². The van der Waals surface area contributed by atoms with Gasteiger partial charge in [0.1, 0.15) is 4.70 Å². The number of thiazole rings is 1. The van der Waals surface area contributed by atoms with Crippen LogP contribution in [0.5, 0.6) is 0 Å². The summed E-state index contributed by atoms with van der Waals surface area (Å²) in [5.74, 6) is 0. The quantitative estimate of drug-likeness (QED) is 0.579. The van der Waals surface area contributed by atoms with E-state index in [4.69, 9.17) is 0 Å².